The van der Waals surface area contributed by atoms with Crippen LogP contribution in [-0.4, -0.2) is 84.4 Å². The largest absolute Gasteiger partial charge is 0.378 e. The van der Waals surface area contributed by atoms with Gasteiger partial charge in [-0.2, -0.15) is 0 Å². The lowest BCUT2D eigenvalue weighted by Gasteiger charge is -2.38. The zero-order valence-electron chi connectivity index (χ0n) is 16.9. The van der Waals surface area contributed by atoms with Crippen LogP contribution in [0.5, 0.6) is 0 Å². The maximum absolute atomic E-state index is 13.0. The summed E-state index contributed by atoms with van der Waals surface area (Å²) < 4.78 is 5.32. The van der Waals surface area contributed by atoms with Gasteiger partial charge in [0.1, 0.15) is 6.04 Å². The van der Waals surface area contributed by atoms with Gasteiger partial charge in [-0.1, -0.05) is 20.8 Å². The van der Waals surface area contributed by atoms with Crippen LogP contribution in [0, 0.1) is 11.3 Å². The molecular formula is C20H33N3O4. The van der Waals surface area contributed by atoms with Crippen LogP contribution in [-0.2, 0) is 19.1 Å². The third-order valence-electron chi connectivity index (χ3n) is 5.92. The second-order valence-corrected chi connectivity index (χ2v) is 8.94. The number of likely N-dealkylation sites (tertiary alicyclic amines) is 2. The molecule has 152 valence electrons. The van der Waals surface area contributed by atoms with Gasteiger partial charge in [0.25, 0.3) is 0 Å². The van der Waals surface area contributed by atoms with Gasteiger partial charge in [0, 0.05) is 44.1 Å². The first-order valence-electron chi connectivity index (χ1n) is 10.3. The molecule has 3 amide bonds. The highest BCUT2D eigenvalue weighted by Crippen LogP contribution is 2.28. The summed E-state index contributed by atoms with van der Waals surface area (Å²) in [4.78, 5) is 43.9. The van der Waals surface area contributed by atoms with Crippen molar-refractivity contribution < 1.29 is 19.1 Å². The summed E-state index contributed by atoms with van der Waals surface area (Å²) in [5, 5.41) is 0. The van der Waals surface area contributed by atoms with Crippen LogP contribution in [0.1, 0.15) is 46.5 Å². The average molecular weight is 380 g/mol. The lowest BCUT2D eigenvalue weighted by molar-refractivity contribution is -0.150. The van der Waals surface area contributed by atoms with Gasteiger partial charge in [-0.25, -0.2) is 0 Å². The normalized spacial score (nSPS) is 25.0. The Balaban J connectivity index is 1.55. The van der Waals surface area contributed by atoms with Crippen LogP contribution in [0.2, 0.25) is 0 Å². The quantitative estimate of drug-likeness (QED) is 0.721. The number of carbonyl (C=O) groups excluding carboxylic acids is 3. The molecule has 7 nitrogen and oxygen atoms in total. The molecule has 27 heavy (non-hydrogen) atoms. The van der Waals surface area contributed by atoms with Gasteiger partial charge in [-0.3, -0.25) is 14.4 Å². The monoisotopic (exact) mass is 379 g/mol. The molecule has 0 N–H and O–H groups in total. The van der Waals surface area contributed by atoms with E-state index in [-0.39, 0.29) is 29.7 Å². The maximum Gasteiger partial charge on any atom is 0.245 e. The Kier molecular flexibility index (Phi) is 6.08. The molecule has 3 fully saturated rings. The van der Waals surface area contributed by atoms with Crippen molar-refractivity contribution in [1.29, 1.82) is 0 Å². The van der Waals surface area contributed by atoms with Gasteiger partial charge in [0.05, 0.1) is 13.2 Å². The van der Waals surface area contributed by atoms with Crippen molar-refractivity contribution in [3.05, 3.63) is 0 Å². The van der Waals surface area contributed by atoms with Crippen LogP contribution in [0.25, 0.3) is 0 Å². The van der Waals surface area contributed by atoms with E-state index < -0.39 is 5.41 Å². The molecule has 0 aromatic heterocycles. The van der Waals surface area contributed by atoms with Gasteiger partial charge < -0.3 is 19.4 Å². The van der Waals surface area contributed by atoms with Crippen molar-refractivity contribution in [1.82, 2.24) is 14.7 Å². The summed E-state index contributed by atoms with van der Waals surface area (Å²) in [7, 11) is 0. The molecule has 0 radical (unpaired) electrons. The molecule has 0 unspecified atom stereocenters. The zero-order valence-corrected chi connectivity index (χ0v) is 16.9. The highest BCUT2D eigenvalue weighted by molar-refractivity contribution is 5.90. The molecule has 0 aliphatic carbocycles. The third kappa shape index (κ3) is 4.45. The molecule has 0 aromatic rings. The molecule has 3 saturated heterocycles. The molecule has 3 rings (SSSR count). The number of piperidine rings is 1. The Morgan fingerprint density at radius 2 is 1.41 bits per heavy atom. The molecule has 0 aromatic carbocycles. The Labute approximate surface area is 162 Å². The molecule has 3 heterocycles. The van der Waals surface area contributed by atoms with E-state index in [0.29, 0.717) is 58.8 Å². The fourth-order valence-corrected chi connectivity index (χ4v) is 4.30. The number of morpholine rings is 1. The van der Waals surface area contributed by atoms with Crippen molar-refractivity contribution in [3.63, 3.8) is 0 Å². The van der Waals surface area contributed by atoms with E-state index in [4.69, 9.17) is 4.74 Å². The van der Waals surface area contributed by atoms with Gasteiger partial charge in [0.15, 0.2) is 0 Å². The summed E-state index contributed by atoms with van der Waals surface area (Å²) in [5.74, 6) is 0.317. The Hall–Kier alpha value is -1.63. The second kappa shape index (κ2) is 8.17. The van der Waals surface area contributed by atoms with E-state index >= 15 is 0 Å². The highest BCUT2D eigenvalue weighted by atomic mass is 16.5. The van der Waals surface area contributed by atoms with Gasteiger partial charge in [-0.05, 0) is 25.7 Å². The third-order valence-corrected chi connectivity index (χ3v) is 5.92. The summed E-state index contributed by atoms with van der Waals surface area (Å²) in [5.41, 5.74) is -0.472. The Morgan fingerprint density at radius 3 is 2.00 bits per heavy atom. The first-order chi connectivity index (χ1) is 12.8. The molecule has 7 heteroatoms. The lowest BCUT2D eigenvalue weighted by Crippen LogP contribution is -2.53. The van der Waals surface area contributed by atoms with Crippen LogP contribution in [0.4, 0.5) is 0 Å². The fraction of sp³-hybridized carbons (Fsp3) is 0.850. The zero-order chi connectivity index (χ0) is 19.6. The summed E-state index contributed by atoms with van der Waals surface area (Å²) in [6, 6.07) is -0.330. The van der Waals surface area contributed by atoms with Gasteiger partial charge in [-0.15, -0.1) is 0 Å². The van der Waals surface area contributed by atoms with Crippen molar-refractivity contribution in [2.24, 2.45) is 11.3 Å². The second-order valence-electron chi connectivity index (χ2n) is 8.94. The number of hydrogen-bond acceptors (Lipinski definition) is 4. The Morgan fingerprint density at radius 1 is 0.815 bits per heavy atom. The molecule has 1 atom stereocenters. The van der Waals surface area contributed by atoms with Crippen LogP contribution < -0.4 is 0 Å². The van der Waals surface area contributed by atoms with Crippen molar-refractivity contribution in [2.75, 3.05) is 45.9 Å². The van der Waals surface area contributed by atoms with E-state index in [2.05, 4.69) is 0 Å². The Bertz CT molecular complexity index is 572. The van der Waals surface area contributed by atoms with E-state index in [9.17, 15) is 14.4 Å². The molecule has 0 bridgehead atoms. The number of carbonyl (C=O) groups is 3. The predicted molar refractivity (Wildman–Crippen MR) is 101 cm³/mol. The van der Waals surface area contributed by atoms with E-state index in [1.54, 1.807) is 4.90 Å². The molecule has 0 saturated carbocycles. The number of amides is 3. The summed E-state index contributed by atoms with van der Waals surface area (Å²) >= 11 is 0. The van der Waals surface area contributed by atoms with Crippen LogP contribution >= 0.6 is 0 Å². The summed E-state index contributed by atoms with van der Waals surface area (Å²) in [6.45, 7) is 10.1. The van der Waals surface area contributed by atoms with E-state index in [0.717, 1.165) is 12.8 Å². The van der Waals surface area contributed by atoms with Gasteiger partial charge >= 0.3 is 0 Å². The number of nitrogens with zero attached hydrogens (tertiary/aromatic N) is 3. The minimum atomic E-state index is -0.472. The first kappa shape index (κ1) is 20.1. The molecule has 3 aliphatic rings. The first-order valence-corrected chi connectivity index (χ1v) is 10.3. The smallest absolute Gasteiger partial charge is 0.245 e. The standard InChI is InChI=1S/C20H33N3O4/c1-20(2,3)19(26)23-8-4-5-16(23)18(25)21-9-6-15(7-10-21)17(24)22-11-13-27-14-12-22/h15-16H,4-14H2,1-3H3/t16-/m0/s1. The van der Waals surface area contributed by atoms with E-state index in [1.807, 2.05) is 30.6 Å². The molecule has 0 spiro atoms. The van der Waals surface area contributed by atoms with Crippen LogP contribution in [0.3, 0.4) is 0 Å². The SMILES string of the molecule is CC(C)(C)C(=O)N1CCC[C@H]1C(=O)N1CCC(C(=O)N2CCOCC2)CC1. The predicted octanol–water partition coefficient (Wildman–Crippen LogP) is 1.12. The minimum Gasteiger partial charge on any atom is -0.378 e. The lowest BCUT2D eigenvalue weighted by atomic mass is 9.93. The van der Waals surface area contributed by atoms with Crippen molar-refractivity contribution in [2.45, 2.75) is 52.5 Å². The topological polar surface area (TPSA) is 70.2 Å². The number of rotatable bonds is 2. The minimum absolute atomic E-state index is 0.00281. The van der Waals surface area contributed by atoms with Crippen molar-refractivity contribution in [3.8, 4) is 0 Å². The molecular weight excluding hydrogens is 346 g/mol. The van der Waals surface area contributed by atoms with Gasteiger partial charge in [0.2, 0.25) is 17.7 Å². The van der Waals surface area contributed by atoms with E-state index in [1.165, 1.54) is 0 Å². The fourth-order valence-electron chi connectivity index (χ4n) is 4.30. The summed E-state index contributed by atoms with van der Waals surface area (Å²) in [6.07, 6.45) is 3.04. The highest BCUT2D eigenvalue weighted by Gasteiger charge is 2.41. The maximum atomic E-state index is 13.0. The number of hydrogen-bond donors (Lipinski definition) is 0. The van der Waals surface area contributed by atoms with Crippen LogP contribution in [0.15, 0.2) is 0 Å². The number of ether oxygens (including phenoxy) is 1. The molecule has 3 aliphatic heterocycles. The average Bonchev–Trinajstić information content (AvgIpc) is 3.16. The van der Waals surface area contributed by atoms with Crippen molar-refractivity contribution >= 4 is 17.7 Å².